The molecule has 0 atom stereocenters. The molecule has 21 heavy (non-hydrogen) atoms. The average Bonchev–Trinajstić information content (AvgIpc) is 2.76. The first-order valence-corrected chi connectivity index (χ1v) is 7.70. The molecule has 118 valence electrons. The molecule has 0 saturated carbocycles. The fourth-order valence-corrected chi connectivity index (χ4v) is 2.21. The van der Waals surface area contributed by atoms with Crippen molar-refractivity contribution in [2.24, 2.45) is 0 Å². The summed E-state index contributed by atoms with van der Waals surface area (Å²) in [6, 6.07) is 0. The normalized spacial score (nSPS) is 16.2. The molecule has 1 aromatic heterocycles. The predicted molar refractivity (Wildman–Crippen MR) is 88.0 cm³/mol. The van der Waals surface area contributed by atoms with Gasteiger partial charge in [-0.25, -0.2) is 0 Å². The molecule has 6 heteroatoms. The van der Waals surface area contributed by atoms with Gasteiger partial charge in [0.05, 0.1) is 0 Å². The van der Waals surface area contributed by atoms with Crippen molar-refractivity contribution in [1.82, 2.24) is 15.0 Å². The van der Waals surface area contributed by atoms with Crippen LogP contribution in [0.15, 0.2) is 0 Å². The summed E-state index contributed by atoms with van der Waals surface area (Å²) < 4.78 is 0. The lowest BCUT2D eigenvalue weighted by atomic mass is 10.1. The Bertz CT molecular complexity index is 446. The lowest BCUT2D eigenvalue weighted by Crippen LogP contribution is -2.31. The topological polar surface area (TPSA) is 66.0 Å². The van der Waals surface area contributed by atoms with Gasteiger partial charge in [0.15, 0.2) is 0 Å². The molecule has 0 radical (unpaired) electrons. The minimum Gasteiger partial charge on any atom is -0.349 e. The first kappa shape index (κ1) is 15.8. The maximum Gasteiger partial charge on any atom is 0.231 e. The van der Waals surface area contributed by atoms with E-state index in [1.807, 2.05) is 0 Å². The molecule has 1 aromatic rings. The predicted octanol–water partition coefficient (Wildman–Crippen LogP) is 2.89. The maximum absolute atomic E-state index is 4.58. The molecule has 2 N–H and O–H groups in total. The quantitative estimate of drug-likeness (QED) is 0.893. The molecule has 1 saturated heterocycles. The molecule has 6 nitrogen and oxygen atoms in total. The fourth-order valence-electron chi connectivity index (χ4n) is 2.21. The molecule has 1 aliphatic heterocycles. The third-order valence-corrected chi connectivity index (χ3v) is 2.99. The summed E-state index contributed by atoms with van der Waals surface area (Å²) in [6.45, 7) is 14.6. The number of aromatic nitrogens is 3. The molecule has 2 heterocycles. The van der Waals surface area contributed by atoms with Gasteiger partial charge < -0.3 is 15.5 Å². The molecule has 1 fully saturated rings. The van der Waals surface area contributed by atoms with Gasteiger partial charge >= 0.3 is 0 Å². The zero-order valence-electron chi connectivity index (χ0n) is 14.1. The Morgan fingerprint density at radius 2 is 1.19 bits per heavy atom. The largest absolute Gasteiger partial charge is 0.349 e. The number of rotatable bonds is 3. The van der Waals surface area contributed by atoms with Crippen LogP contribution in [0.1, 0.15) is 54.4 Å². The van der Waals surface area contributed by atoms with E-state index in [1.165, 1.54) is 12.8 Å². The van der Waals surface area contributed by atoms with E-state index in [-0.39, 0.29) is 11.1 Å². The number of anilines is 3. The Morgan fingerprint density at radius 1 is 0.762 bits per heavy atom. The van der Waals surface area contributed by atoms with E-state index in [2.05, 4.69) is 72.0 Å². The van der Waals surface area contributed by atoms with Gasteiger partial charge in [-0.3, -0.25) is 0 Å². The first-order chi connectivity index (χ1) is 9.62. The minimum absolute atomic E-state index is 0.0807. The van der Waals surface area contributed by atoms with Crippen molar-refractivity contribution in [3.8, 4) is 0 Å². The zero-order valence-corrected chi connectivity index (χ0v) is 14.1. The molecular weight excluding hydrogens is 264 g/mol. The van der Waals surface area contributed by atoms with Crippen LogP contribution in [-0.2, 0) is 0 Å². The monoisotopic (exact) mass is 292 g/mol. The van der Waals surface area contributed by atoms with Crippen LogP contribution in [0, 0.1) is 0 Å². The van der Waals surface area contributed by atoms with E-state index < -0.39 is 0 Å². The number of nitrogens with zero attached hydrogens (tertiary/aromatic N) is 4. The summed E-state index contributed by atoms with van der Waals surface area (Å²) in [4.78, 5) is 15.9. The highest BCUT2D eigenvalue weighted by Gasteiger charge is 2.21. The van der Waals surface area contributed by atoms with E-state index in [9.17, 15) is 0 Å². The van der Waals surface area contributed by atoms with Gasteiger partial charge in [-0.1, -0.05) is 0 Å². The summed E-state index contributed by atoms with van der Waals surface area (Å²) in [5.41, 5.74) is -0.161. The van der Waals surface area contributed by atoms with E-state index in [0.717, 1.165) is 19.0 Å². The van der Waals surface area contributed by atoms with Crippen molar-refractivity contribution in [2.75, 3.05) is 28.6 Å². The number of hydrogen-bond acceptors (Lipinski definition) is 6. The third-order valence-electron chi connectivity index (χ3n) is 2.99. The Kier molecular flexibility index (Phi) is 4.25. The average molecular weight is 292 g/mol. The Morgan fingerprint density at radius 3 is 1.57 bits per heavy atom. The number of hydrogen-bond donors (Lipinski definition) is 2. The second kappa shape index (κ2) is 5.66. The van der Waals surface area contributed by atoms with Crippen molar-refractivity contribution < 1.29 is 0 Å². The molecule has 0 bridgehead atoms. The highest BCUT2D eigenvalue weighted by atomic mass is 15.3. The van der Waals surface area contributed by atoms with Gasteiger partial charge in [0.25, 0.3) is 0 Å². The van der Waals surface area contributed by atoms with Gasteiger partial charge in [-0.15, -0.1) is 0 Å². The van der Waals surface area contributed by atoms with Crippen LogP contribution in [0.4, 0.5) is 17.8 Å². The lowest BCUT2D eigenvalue weighted by Gasteiger charge is -2.25. The standard InChI is InChI=1S/C15H28N6/c1-14(2,3)19-11-16-12(20-15(4,5)6)18-13(17-11)21-9-7-8-10-21/h7-10H2,1-6H3,(H2,16,17,18,19,20). The van der Waals surface area contributed by atoms with Crippen LogP contribution in [-0.4, -0.2) is 39.1 Å². The molecular formula is C15H28N6. The van der Waals surface area contributed by atoms with E-state index in [0.29, 0.717) is 11.9 Å². The maximum atomic E-state index is 4.58. The van der Waals surface area contributed by atoms with Crippen molar-refractivity contribution in [1.29, 1.82) is 0 Å². The summed E-state index contributed by atoms with van der Waals surface area (Å²) in [7, 11) is 0. The molecule has 0 aromatic carbocycles. The van der Waals surface area contributed by atoms with Gasteiger partial charge in [-0.2, -0.15) is 15.0 Å². The Balaban J connectivity index is 2.31. The smallest absolute Gasteiger partial charge is 0.231 e. The summed E-state index contributed by atoms with van der Waals surface area (Å²) in [5, 5.41) is 6.68. The molecule has 0 aliphatic carbocycles. The van der Waals surface area contributed by atoms with E-state index >= 15 is 0 Å². The summed E-state index contributed by atoms with van der Waals surface area (Å²) >= 11 is 0. The molecule has 2 rings (SSSR count). The van der Waals surface area contributed by atoms with Gasteiger partial charge in [0.1, 0.15) is 0 Å². The molecule has 0 amide bonds. The van der Waals surface area contributed by atoms with Crippen LogP contribution in [0.2, 0.25) is 0 Å². The lowest BCUT2D eigenvalue weighted by molar-refractivity contribution is 0.615. The van der Waals surface area contributed by atoms with E-state index in [1.54, 1.807) is 0 Å². The van der Waals surface area contributed by atoms with Gasteiger partial charge in [0.2, 0.25) is 17.8 Å². The van der Waals surface area contributed by atoms with Gasteiger partial charge in [0, 0.05) is 24.2 Å². The van der Waals surface area contributed by atoms with Crippen molar-refractivity contribution in [3.63, 3.8) is 0 Å². The zero-order chi connectivity index (χ0) is 15.7. The highest BCUT2D eigenvalue weighted by molar-refractivity contribution is 5.46. The second-order valence-corrected chi connectivity index (χ2v) is 7.73. The Hall–Kier alpha value is -1.59. The first-order valence-electron chi connectivity index (χ1n) is 7.70. The highest BCUT2D eigenvalue weighted by Crippen LogP contribution is 2.21. The van der Waals surface area contributed by atoms with Gasteiger partial charge in [-0.05, 0) is 54.4 Å². The number of nitrogens with one attached hydrogen (secondary N) is 2. The second-order valence-electron chi connectivity index (χ2n) is 7.73. The Labute approximate surface area is 127 Å². The molecule has 0 spiro atoms. The summed E-state index contributed by atoms with van der Waals surface area (Å²) in [6.07, 6.45) is 2.41. The van der Waals surface area contributed by atoms with Crippen LogP contribution in [0.3, 0.4) is 0 Å². The fraction of sp³-hybridized carbons (Fsp3) is 0.800. The van der Waals surface area contributed by atoms with Crippen LogP contribution in [0.5, 0.6) is 0 Å². The van der Waals surface area contributed by atoms with Crippen LogP contribution in [0.25, 0.3) is 0 Å². The van der Waals surface area contributed by atoms with Crippen molar-refractivity contribution in [2.45, 2.75) is 65.5 Å². The van der Waals surface area contributed by atoms with E-state index in [4.69, 9.17) is 0 Å². The van der Waals surface area contributed by atoms with Crippen molar-refractivity contribution in [3.05, 3.63) is 0 Å². The summed E-state index contributed by atoms with van der Waals surface area (Å²) in [5.74, 6) is 2.03. The van der Waals surface area contributed by atoms with Crippen LogP contribution < -0.4 is 15.5 Å². The van der Waals surface area contributed by atoms with Crippen LogP contribution >= 0.6 is 0 Å². The third kappa shape index (κ3) is 5.02. The molecule has 1 aliphatic rings. The SMILES string of the molecule is CC(C)(C)Nc1nc(NC(C)(C)C)nc(N2CCCC2)n1. The van der Waals surface area contributed by atoms with Crippen molar-refractivity contribution >= 4 is 17.8 Å². The minimum atomic E-state index is -0.0807. The molecule has 0 unspecified atom stereocenters.